The SMILES string of the molecule is c1ccc(-c2nc(NC3CCCNC3)cc(-c3ccncc3)n2)cc1. The summed E-state index contributed by atoms with van der Waals surface area (Å²) in [4.78, 5) is 13.6. The summed E-state index contributed by atoms with van der Waals surface area (Å²) in [6.45, 7) is 2.06. The number of aromatic nitrogens is 3. The number of anilines is 1. The van der Waals surface area contributed by atoms with Gasteiger partial charge in [0.15, 0.2) is 5.82 Å². The van der Waals surface area contributed by atoms with Crippen molar-refractivity contribution in [1.82, 2.24) is 20.3 Å². The van der Waals surface area contributed by atoms with Crippen molar-refractivity contribution in [3.63, 3.8) is 0 Å². The fourth-order valence-electron chi connectivity index (χ4n) is 3.09. The number of hydrogen-bond donors (Lipinski definition) is 2. The van der Waals surface area contributed by atoms with Crippen molar-refractivity contribution >= 4 is 5.82 Å². The normalized spacial score (nSPS) is 17.2. The Labute approximate surface area is 147 Å². The summed E-state index contributed by atoms with van der Waals surface area (Å²) in [5.41, 5.74) is 2.96. The number of piperidine rings is 1. The molecule has 0 amide bonds. The molecule has 1 unspecified atom stereocenters. The predicted octanol–water partition coefficient (Wildman–Crippen LogP) is 3.37. The lowest BCUT2D eigenvalue weighted by Gasteiger charge is -2.24. The van der Waals surface area contributed by atoms with Gasteiger partial charge in [-0.2, -0.15) is 0 Å². The van der Waals surface area contributed by atoms with E-state index in [0.717, 1.165) is 48.0 Å². The van der Waals surface area contributed by atoms with Gasteiger partial charge in [0.1, 0.15) is 5.82 Å². The van der Waals surface area contributed by atoms with Crippen molar-refractivity contribution in [1.29, 1.82) is 0 Å². The highest BCUT2D eigenvalue weighted by atomic mass is 15.1. The van der Waals surface area contributed by atoms with Crippen LogP contribution in [0.3, 0.4) is 0 Å². The Bertz CT molecular complexity index is 756. The van der Waals surface area contributed by atoms with Crippen LogP contribution in [0.5, 0.6) is 0 Å². The predicted molar refractivity (Wildman–Crippen MR) is 100 cm³/mol. The molecule has 0 radical (unpaired) electrons. The highest BCUT2D eigenvalue weighted by Gasteiger charge is 2.15. The Morgan fingerprint density at radius 2 is 1.80 bits per heavy atom. The van der Waals surface area contributed by atoms with Gasteiger partial charge in [0.2, 0.25) is 0 Å². The molecule has 0 spiro atoms. The third kappa shape index (κ3) is 3.83. The van der Waals surface area contributed by atoms with Crippen molar-refractivity contribution in [2.45, 2.75) is 18.9 Å². The molecule has 0 saturated carbocycles. The van der Waals surface area contributed by atoms with Gasteiger partial charge in [-0.05, 0) is 31.5 Å². The highest BCUT2D eigenvalue weighted by Crippen LogP contribution is 2.24. The van der Waals surface area contributed by atoms with Crippen molar-refractivity contribution in [2.75, 3.05) is 18.4 Å². The Morgan fingerprint density at radius 1 is 0.960 bits per heavy atom. The smallest absolute Gasteiger partial charge is 0.162 e. The van der Waals surface area contributed by atoms with Gasteiger partial charge in [-0.1, -0.05) is 30.3 Å². The standard InChI is InChI=1S/C20H21N5/c1-2-5-16(6-3-1)20-24-18(15-8-11-21-12-9-15)13-19(25-20)23-17-7-4-10-22-14-17/h1-3,5-6,8-9,11-13,17,22H,4,7,10,14H2,(H,23,24,25). The van der Waals surface area contributed by atoms with Crippen molar-refractivity contribution in [3.8, 4) is 22.6 Å². The van der Waals surface area contributed by atoms with Crippen molar-refractivity contribution in [2.24, 2.45) is 0 Å². The molecule has 5 heteroatoms. The molecule has 1 atom stereocenters. The quantitative estimate of drug-likeness (QED) is 0.767. The molecule has 2 aromatic heterocycles. The van der Waals surface area contributed by atoms with Gasteiger partial charge in [0.05, 0.1) is 5.69 Å². The number of rotatable bonds is 4. The zero-order valence-electron chi connectivity index (χ0n) is 14.0. The number of benzene rings is 1. The summed E-state index contributed by atoms with van der Waals surface area (Å²) in [7, 11) is 0. The van der Waals surface area contributed by atoms with E-state index in [4.69, 9.17) is 9.97 Å². The minimum atomic E-state index is 0.401. The first-order valence-electron chi connectivity index (χ1n) is 8.71. The summed E-state index contributed by atoms with van der Waals surface area (Å²) in [5.74, 6) is 1.61. The van der Waals surface area contributed by atoms with E-state index in [1.54, 1.807) is 12.4 Å². The number of nitrogens with one attached hydrogen (secondary N) is 2. The monoisotopic (exact) mass is 331 g/mol. The Kier molecular flexibility index (Phi) is 4.65. The zero-order chi connectivity index (χ0) is 16.9. The molecule has 4 rings (SSSR count). The molecule has 0 bridgehead atoms. The molecule has 3 heterocycles. The van der Waals surface area contributed by atoms with Gasteiger partial charge in [0, 0.05) is 42.2 Å². The molecule has 2 N–H and O–H groups in total. The van der Waals surface area contributed by atoms with E-state index in [1.807, 2.05) is 48.5 Å². The first kappa shape index (κ1) is 15.7. The first-order chi connectivity index (χ1) is 12.4. The maximum absolute atomic E-state index is 4.77. The molecule has 3 aromatic rings. The lowest BCUT2D eigenvalue weighted by Crippen LogP contribution is -2.38. The third-order valence-corrected chi connectivity index (χ3v) is 4.38. The number of hydrogen-bond acceptors (Lipinski definition) is 5. The topological polar surface area (TPSA) is 62.7 Å². The molecule has 1 fully saturated rings. The number of nitrogens with zero attached hydrogens (tertiary/aromatic N) is 3. The van der Waals surface area contributed by atoms with Gasteiger partial charge in [-0.15, -0.1) is 0 Å². The van der Waals surface area contributed by atoms with Gasteiger partial charge in [-0.25, -0.2) is 9.97 Å². The molecule has 0 aliphatic carbocycles. The van der Waals surface area contributed by atoms with Crippen LogP contribution < -0.4 is 10.6 Å². The lowest BCUT2D eigenvalue weighted by molar-refractivity contribution is 0.479. The average molecular weight is 331 g/mol. The maximum Gasteiger partial charge on any atom is 0.162 e. The minimum absolute atomic E-state index is 0.401. The van der Waals surface area contributed by atoms with E-state index in [-0.39, 0.29) is 0 Å². The first-order valence-corrected chi connectivity index (χ1v) is 8.71. The largest absolute Gasteiger partial charge is 0.366 e. The van der Waals surface area contributed by atoms with Crippen LogP contribution in [0, 0.1) is 0 Å². The molecule has 126 valence electrons. The summed E-state index contributed by atoms with van der Waals surface area (Å²) in [5, 5.41) is 7.01. The second kappa shape index (κ2) is 7.40. The lowest BCUT2D eigenvalue weighted by atomic mass is 10.1. The number of pyridine rings is 1. The van der Waals surface area contributed by atoms with Gasteiger partial charge in [0.25, 0.3) is 0 Å². The van der Waals surface area contributed by atoms with E-state index in [9.17, 15) is 0 Å². The van der Waals surface area contributed by atoms with Crippen LogP contribution in [0.4, 0.5) is 5.82 Å². The van der Waals surface area contributed by atoms with Crippen molar-refractivity contribution in [3.05, 3.63) is 60.9 Å². The molecular weight excluding hydrogens is 310 g/mol. The molecule has 25 heavy (non-hydrogen) atoms. The second-order valence-corrected chi connectivity index (χ2v) is 6.25. The van der Waals surface area contributed by atoms with Crippen LogP contribution in [0.15, 0.2) is 60.9 Å². The molecule has 1 aliphatic heterocycles. The van der Waals surface area contributed by atoms with Crippen LogP contribution in [-0.2, 0) is 0 Å². The fraction of sp³-hybridized carbons (Fsp3) is 0.250. The minimum Gasteiger partial charge on any atom is -0.366 e. The third-order valence-electron chi connectivity index (χ3n) is 4.38. The molecule has 1 aliphatic rings. The van der Waals surface area contributed by atoms with E-state index in [0.29, 0.717) is 6.04 Å². The van der Waals surface area contributed by atoms with Crippen LogP contribution in [0.1, 0.15) is 12.8 Å². The Hall–Kier alpha value is -2.79. The Balaban J connectivity index is 1.72. The zero-order valence-corrected chi connectivity index (χ0v) is 14.0. The Morgan fingerprint density at radius 3 is 2.56 bits per heavy atom. The van der Waals surface area contributed by atoms with E-state index < -0.39 is 0 Å². The van der Waals surface area contributed by atoms with Crippen LogP contribution in [0.25, 0.3) is 22.6 Å². The average Bonchev–Trinajstić information content (AvgIpc) is 2.70. The van der Waals surface area contributed by atoms with Crippen molar-refractivity contribution < 1.29 is 0 Å². The summed E-state index contributed by atoms with van der Waals surface area (Å²) in [6.07, 6.45) is 5.92. The van der Waals surface area contributed by atoms with Crippen LogP contribution in [-0.4, -0.2) is 34.1 Å². The maximum atomic E-state index is 4.77. The summed E-state index contributed by atoms with van der Waals surface area (Å²) < 4.78 is 0. The van der Waals surface area contributed by atoms with E-state index in [2.05, 4.69) is 15.6 Å². The molecule has 5 nitrogen and oxygen atoms in total. The van der Waals surface area contributed by atoms with Gasteiger partial charge >= 0.3 is 0 Å². The van der Waals surface area contributed by atoms with Gasteiger partial charge < -0.3 is 10.6 Å². The fourth-order valence-corrected chi connectivity index (χ4v) is 3.09. The van der Waals surface area contributed by atoms with Gasteiger partial charge in [-0.3, -0.25) is 4.98 Å². The molecular formula is C20H21N5. The van der Waals surface area contributed by atoms with Crippen LogP contribution >= 0.6 is 0 Å². The molecule has 1 aromatic carbocycles. The highest BCUT2D eigenvalue weighted by molar-refractivity contribution is 5.67. The summed E-state index contributed by atoms with van der Waals surface area (Å²) >= 11 is 0. The van der Waals surface area contributed by atoms with E-state index in [1.165, 1.54) is 6.42 Å². The van der Waals surface area contributed by atoms with Crippen LogP contribution in [0.2, 0.25) is 0 Å². The summed E-state index contributed by atoms with van der Waals surface area (Å²) in [6, 6.07) is 16.5. The second-order valence-electron chi connectivity index (χ2n) is 6.25. The van der Waals surface area contributed by atoms with E-state index >= 15 is 0 Å². The molecule has 1 saturated heterocycles.